The average Bonchev–Trinajstić information content (AvgIpc) is 2.49. The first-order valence-corrected chi connectivity index (χ1v) is 8.71. The van der Waals surface area contributed by atoms with E-state index in [2.05, 4.69) is 26.0 Å². The van der Waals surface area contributed by atoms with Gasteiger partial charge in [-0.1, -0.05) is 15.9 Å². The molecule has 1 atom stereocenters. The molecule has 0 aliphatic carbocycles. The number of piperazine rings is 1. The van der Waals surface area contributed by atoms with Gasteiger partial charge in [0.15, 0.2) is 0 Å². The van der Waals surface area contributed by atoms with Crippen molar-refractivity contribution in [2.24, 2.45) is 0 Å². The normalized spacial score (nSPS) is 19.5. The minimum Gasteiger partial charge on any atom is -0.469 e. The molecule has 9 heteroatoms. The highest BCUT2D eigenvalue weighted by molar-refractivity contribution is 9.10. The van der Waals surface area contributed by atoms with Crippen LogP contribution in [0.5, 0.6) is 0 Å². The second-order valence-corrected chi connectivity index (χ2v) is 7.46. The molecule has 1 amide bonds. The van der Waals surface area contributed by atoms with Gasteiger partial charge in [-0.3, -0.25) is 9.59 Å². The van der Waals surface area contributed by atoms with Crippen LogP contribution in [0, 0.1) is 0 Å². The first-order chi connectivity index (χ1) is 10.4. The molecule has 1 aliphatic rings. The van der Waals surface area contributed by atoms with Crippen LogP contribution < -0.4 is 5.32 Å². The zero-order valence-electron chi connectivity index (χ0n) is 11.8. The summed E-state index contributed by atoms with van der Waals surface area (Å²) >= 11 is 3.24. The highest BCUT2D eigenvalue weighted by atomic mass is 79.9. The fraction of sp³-hybridized carbons (Fsp3) is 0.385. The number of halogens is 1. The molecule has 1 unspecified atom stereocenters. The molecule has 0 radical (unpaired) electrons. The summed E-state index contributed by atoms with van der Waals surface area (Å²) in [4.78, 5) is 23.5. The van der Waals surface area contributed by atoms with Crippen LogP contribution in [0.15, 0.2) is 33.6 Å². The summed E-state index contributed by atoms with van der Waals surface area (Å²) in [5.74, 6) is -1.14. The number of rotatable bonds is 4. The van der Waals surface area contributed by atoms with Crippen molar-refractivity contribution in [2.75, 3.05) is 20.2 Å². The number of benzene rings is 1. The third-order valence-electron chi connectivity index (χ3n) is 3.29. The fourth-order valence-corrected chi connectivity index (χ4v) is 4.01. The van der Waals surface area contributed by atoms with E-state index < -0.39 is 27.9 Å². The molecule has 0 bridgehead atoms. The molecule has 0 saturated carbocycles. The Balaban J connectivity index is 2.35. The van der Waals surface area contributed by atoms with Crippen molar-refractivity contribution in [1.29, 1.82) is 0 Å². The van der Waals surface area contributed by atoms with Gasteiger partial charge in [0.1, 0.15) is 6.04 Å². The van der Waals surface area contributed by atoms with Crippen LogP contribution in [0.2, 0.25) is 0 Å². The molecule has 2 rings (SSSR count). The summed E-state index contributed by atoms with van der Waals surface area (Å²) in [5.41, 5.74) is 0. The first-order valence-electron chi connectivity index (χ1n) is 6.48. The lowest BCUT2D eigenvalue weighted by molar-refractivity contribution is -0.144. The van der Waals surface area contributed by atoms with Gasteiger partial charge in [-0.15, -0.1) is 0 Å². The van der Waals surface area contributed by atoms with Crippen LogP contribution in [0.4, 0.5) is 0 Å². The zero-order valence-corrected chi connectivity index (χ0v) is 14.2. The number of nitrogens with one attached hydrogen (secondary N) is 1. The summed E-state index contributed by atoms with van der Waals surface area (Å²) in [7, 11) is -2.68. The molecule has 7 nitrogen and oxygen atoms in total. The second kappa shape index (κ2) is 6.76. The monoisotopic (exact) mass is 390 g/mol. The third-order valence-corrected chi connectivity index (χ3v) is 5.74. The quantitative estimate of drug-likeness (QED) is 0.755. The minimum atomic E-state index is -3.87. The van der Waals surface area contributed by atoms with Gasteiger partial charge < -0.3 is 10.1 Å². The molecule has 1 aromatic carbocycles. The number of methoxy groups -OCH3 is 1. The number of nitrogens with zero attached hydrogens (tertiary/aromatic N) is 1. The van der Waals surface area contributed by atoms with E-state index in [4.69, 9.17) is 0 Å². The number of amides is 1. The van der Waals surface area contributed by atoms with Crippen LogP contribution in [0.3, 0.4) is 0 Å². The number of carbonyl (C=O) groups excluding carboxylic acids is 2. The van der Waals surface area contributed by atoms with E-state index in [1.165, 1.54) is 19.2 Å². The van der Waals surface area contributed by atoms with Gasteiger partial charge in [0.25, 0.3) is 0 Å². The number of ether oxygens (including phenoxy) is 1. The van der Waals surface area contributed by atoms with Gasteiger partial charge in [-0.05, 0) is 24.3 Å². The maximum absolute atomic E-state index is 12.7. The number of hydrogen-bond donors (Lipinski definition) is 1. The number of hydrogen-bond acceptors (Lipinski definition) is 5. The van der Waals surface area contributed by atoms with Gasteiger partial charge in [0.2, 0.25) is 15.9 Å². The molecule has 120 valence electrons. The standard InChI is InChI=1S/C13H15BrN2O5S/c1-21-12(17)8-11-13(18)15-6-7-16(11)22(19,20)10-4-2-9(14)3-5-10/h2-5,11H,6-8H2,1H3,(H,15,18). The Labute approximate surface area is 136 Å². The van der Waals surface area contributed by atoms with E-state index in [0.717, 1.165) is 8.78 Å². The molecule has 1 aliphatic heterocycles. The van der Waals surface area contributed by atoms with Crippen molar-refractivity contribution in [3.63, 3.8) is 0 Å². The van der Waals surface area contributed by atoms with Crippen molar-refractivity contribution in [3.05, 3.63) is 28.7 Å². The van der Waals surface area contributed by atoms with Crippen molar-refractivity contribution >= 4 is 37.8 Å². The van der Waals surface area contributed by atoms with Gasteiger partial charge in [-0.25, -0.2) is 8.42 Å². The van der Waals surface area contributed by atoms with Crippen LogP contribution >= 0.6 is 15.9 Å². The number of esters is 1. The van der Waals surface area contributed by atoms with Crippen molar-refractivity contribution in [3.8, 4) is 0 Å². The molecular weight excluding hydrogens is 376 g/mol. The van der Waals surface area contributed by atoms with Gasteiger partial charge >= 0.3 is 5.97 Å². The number of carbonyl (C=O) groups is 2. The van der Waals surface area contributed by atoms with E-state index in [1.54, 1.807) is 12.1 Å². The van der Waals surface area contributed by atoms with Crippen molar-refractivity contribution < 1.29 is 22.7 Å². The fourth-order valence-electron chi connectivity index (χ4n) is 2.16. The highest BCUT2D eigenvalue weighted by Crippen LogP contribution is 2.23. The molecule has 0 spiro atoms. The van der Waals surface area contributed by atoms with E-state index in [9.17, 15) is 18.0 Å². The molecule has 1 fully saturated rings. The van der Waals surface area contributed by atoms with E-state index in [1.807, 2.05) is 0 Å². The molecule has 1 aromatic rings. The van der Waals surface area contributed by atoms with E-state index in [0.29, 0.717) is 0 Å². The van der Waals surface area contributed by atoms with Gasteiger partial charge in [-0.2, -0.15) is 4.31 Å². The van der Waals surface area contributed by atoms with Crippen LogP contribution in [0.25, 0.3) is 0 Å². The minimum absolute atomic E-state index is 0.0697. The van der Waals surface area contributed by atoms with Gasteiger partial charge in [0.05, 0.1) is 18.4 Å². The predicted molar refractivity (Wildman–Crippen MR) is 81.5 cm³/mol. The number of sulfonamides is 1. The smallest absolute Gasteiger partial charge is 0.307 e. The summed E-state index contributed by atoms with van der Waals surface area (Å²) in [6.45, 7) is 0.304. The third kappa shape index (κ3) is 3.47. The van der Waals surface area contributed by atoms with Crippen LogP contribution in [-0.2, 0) is 24.3 Å². The topological polar surface area (TPSA) is 92.8 Å². The summed E-state index contributed by atoms with van der Waals surface area (Å²) < 4.78 is 31.7. The lowest BCUT2D eigenvalue weighted by Gasteiger charge is -2.33. The molecule has 22 heavy (non-hydrogen) atoms. The van der Waals surface area contributed by atoms with Crippen LogP contribution in [0.1, 0.15) is 6.42 Å². The van der Waals surface area contributed by atoms with Crippen LogP contribution in [-0.4, -0.2) is 50.8 Å². The Morgan fingerprint density at radius 3 is 2.64 bits per heavy atom. The van der Waals surface area contributed by atoms with Crippen molar-refractivity contribution in [2.45, 2.75) is 17.4 Å². The van der Waals surface area contributed by atoms with E-state index in [-0.39, 0.29) is 24.4 Å². The Hall–Kier alpha value is -1.45. The molecule has 0 aromatic heterocycles. The summed E-state index contributed by atoms with van der Waals surface area (Å²) in [6.07, 6.45) is -0.321. The first kappa shape index (κ1) is 16.9. The largest absolute Gasteiger partial charge is 0.469 e. The summed E-state index contributed by atoms with van der Waals surface area (Å²) in [5, 5.41) is 2.56. The molecule has 1 heterocycles. The Morgan fingerprint density at radius 2 is 2.05 bits per heavy atom. The zero-order chi connectivity index (χ0) is 16.3. The summed E-state index contributed by atoms with van der Waals surface area (Å²) in [6, 6.07) is 5.00. The molecule has 1 N–H and O–H groups in total. The van der Waals surface area contributed by atoms with Crippen molar-refractivity contribution in [1.82, 2.24) is 9.62 Å². The lowest BCUT2D eigenvalue weighted by Crippen LogP contribution is -2.57. The van der Waals surface area contributed by atoms with E-state index >= 15 is 0 Å². The maximum Gasteiger partial charge on any atom is 0.307 e. The van der Waals surface area contributed by atoms with Gasteiger partial charge in [0, 0.05) is 17.6 Å². The Kier molecular flexibility index (Phi) is 5.20. The lowest BCUT2D eigenvalue weighted by atomic mass is 10.1. The molecular formula is C13H15BrN2O5S. The Morgan fingerprint density at radius 1 is 1.41 bits per heavy atom. The predicted octanol–water partition coefficient (Wildman–Crippen LogP) is 0.501. The Bertz CT molecular complexity index is 674. The second-order valence-electron chi connectivity index (χ2n) is 4.66. The average molecular weight is 391 g/mol. The SMILES string of the molecule is COC(=O)CC1C(=O)NCCN1S(=O)(=O)c1ccc(Br)cc1. The maximum atomic E-state index is 12.7. The molecule has 1 saturated heterocycles. The highest BCUT2D eigenvalue weighted by Gasteiger charge is 2.39.